The predicted molar refractivity (Wildman–Crippen MR) is 114 cm³/mol. The molecule has 8 heteroatoms. The van der Waals surface area contributed by atoms with E-state index in [1.165, 1.54) is 18.2 Å². The number of benzene rings is 3. The number of anilines is 1. The van der Waals surface area contributed by atoms with E-state index in [4.69, 9.17) is 9.47 Å². The first kappa shape index (κ1) is 21.2. The van der Waals surface area contributed by atoms with Crippen LogP contribution in [0.3, 0.4) is 0 Å². The van der Waals surface area contributed by atoms with Crippen molar-refractivity contribution in [2.45, 2.75) is 11.4 Å². The normalized spacial score (nSPS) is 10.9. The molecule has 0 radical (unpaired) electrons. The highest BCUT2D eigenvalue weighted by Gasteiger charge is 2.15. The summed E-state index contributed by atoms with van der Waals surface area (Å²) in [6.45, 7) is 0.242. The zero-order valence-corrected chi connectivity index (χ0v) is 17.4. The molecule has 7 nitrogen and oxygen atoms in total. The maximum atomic E-state index is 12.6. The van der Waals surface area contributed by atoms with Crippen molar-refractivity contribution in [3.05, 3.63) is 83.9 Å². The fraction of sp³-hybridized carbons (Fsp3) is 0.136. The lowest BCUT2D eigenvalue weighted by molar-refractivity contribution is 0.0950. The zero-order valence-electron chi connectivity index (χ0n) is 16.6. The molecule has 0 spiro atoms. The third-order valence-electron chi connectivity index (χ3n) is 4.36. The van der Waals surface area contributed by atoms with E-state index < -0.39 is 10.0 Å². The summed E-state index contributed by atoms with van der Waals surface area (Å²) in [7, 11) is -0.628. The lowest BCUT2D eigenvalue weighted by atomic mass is 10.1. The van der Waals surface area contributed by atoms with Crippen molar-refractivity contribution in [2.75, 3.05) is 18.9 Å². The molecule has 1 amide bonds. The number of carbonyl (C=O) groups excluding carboxylic acids is 1. The summed E-state index contributed by atoms with van der Waals surface area (Å²) in [6.07, 6.45) is 0. The zero-order chi connectivity index (χ0) is 21.6. The molecule has 0 aromatic heterocycles. The average Bonchev–Trinajstić information content (AvgIpc) is 2.77. The second-order valence-corrected chi connectivity index (χ2v) is 8.04. The Bertz CT molecular complexity index is 1130. The fourth-order valence-electron chi connectivity index (χ4n) is 2.81. The fourth-order valence-corrected chi connectivity index (χ4v) is 3.88. The van der Waals surface area contributed by atoms with Crippen LogP contribution in [-0.2, 0) is 16.6 Å². The van der Waals surface area contributed by atoms with Crippen LogP contribution in [-0.4, -0.2) is 28.5 Å². The molecular formula is C22H22N2O5S. The molecule has 0 fully saturated rings. The van der Waals surface area contributed by atoms with Crippen LogP contribution >= 0.6 is 0 Å². The van der Waals surface area contributed by atoms with Gasteiger partial charge in [0.05, 0.1) is 19.1 Å². The number of hydrogen-bond donors (Lipinski definition) is 2. The number of hydrogen-bond acceptors (Lipinski definition) is 5. The van der Waals surface area contributed by atoms with Gasteiger partial charge in [-0.1, -0.05) is 24.3 Å². The molecule has 0 aliphatic carbocycles. The van der Waals surface area contributed by atoms with E-state index in [1.54, 1.807) is 62.8 Å². The Hall–Kier alpha value is -3.52. The third-order valence-corrected chi connectivity index (χ3v) is 5.76. The molecule has 0 aliphatic rings. The van der Waals surface area contributed by atoms with Gasteiger partial charge in [-0.05, 0) is 42.5 Å². The first-order valence-electron chi connectivity index (χ1n) is 9.10. The average molecular weight is 426 g/mol. The molecule has 0 unspecified atom stereocenters. The summed E-state index contributed by atoms with van der Waals surface area (Å²) in [5.74, 6) is 0.910. The van der Waals surface area contributed by atoms with Crippen LogP contribution in [0.25, 0.3) is 0 Å². The largest absolute Gasteiger partial charge is 0.497 e. The lowest BCUT2D eigenvalue weighted by Crippen LogP contribution is -2.23. The summed E-state index contributed by atoms with van der Waals surface area (Å²) in [6, 6.07) is 19.7. The molecule has 0 heterocycles. The van der Waals surface area contributed by atoms with Crippen molar-refractivity contribution in [1.29, 1.82) is 0 Å². The Balaban J connectivity index is 1.71. The summed E-state index contributed by atoms with van der Waals surface area (Å²) in [4.78, 5) is 12.7. The second kappa shape index (κ2) is 9.32. The predicted octanol–water partition coefficient (Wildman–Crippen LogP) is 3.43. The highest BCUT2D eigenvalue weighted by atomic mass is 32.2. The Morgan fingerprint density at radius 1 is 0.900 bits per heavy atom. The highest BCUT2D eigenvalue weighted by molar-refractivity contribution is 7.92. The maximum Gasteiger partial charge on any atom is 0.261 e. The number of amides is 1. The van der Waals surface area contributed by atoms with Gasteiger partial charge in [0.25, 0.3) is 15.9 Å². The molecule has 3 rings (SSSR count). The van der Waals surface area contributed by atoms with Crippen LogP contribution in [0.1, 0.15) is 15.9 Å². The number of sulfonamides is 1. The SMILES string of the molecule is COc1ccc(CNC(=O)c2cccc(NS(=O)(=O)c3ccccc3)c2)c(OC)c1. The van der Waals surface area contributed by atoms with Crippen molar-refractivity contribution in [1.82, 2.24) is 5.32 Å². The van der Waals surface area contributed by atoms with Gasteiger partial charge in [-0.15, -0.1) is 0 Å². The van der Waals surface area contributed by atoms with Crippen molar-refractivity contribution in [3.8, 4) is 11.5 Å². The molecule has 3 aromatic carbocycles. The number of carbonyl (C=O) groups is 1. The molecule has 0 saturated heterocycles. The van der Waals surface area contributed by atoms with Gasteiger partial charge in [0, 0.05) is 29.4 Å². The van der Waals surface area contributed by atoms with Gasteiger partial charge in [-0.3, -0.25) is 9.52 Å². The molecule has 0 saturated carbocycles. The molecule has 30 heavy (non-hydrogen) atoms. The van der Waals surface area contributed by atoms with Crippen molar-refractivity contribution >= 4 is 21.6 Å². The van der Waals surface area contributed by atoms with Gasteiger partial charge in [0.1, 0.15) is 11.5 Å². The number of ether oxygens (including phenoxy) is 2. The summed E-state index contributed by atoms with van der Waals surface area (Å²) in [5, 5.41) is 2.81. The van der Waals surface area contributed by atoms with Gasteiger partial charge < -0.3 is 14.8 Å². The second-order valence-electron chi connectivity index (χ2n) is 6.36. The van der Waals surface area contributed by atoms with E-state index >= 15 is 0 Å². The monoisotopic (exact) mass is 426 g/mol. The summed E-state index contributed by atoms with van der Waals surface area (Å²) < 4.78 is 38.0. The van der Waals surface area contributed by atoms with E-state index in [1.807, 2.05) is 6.07 Å². The van der Waals surface area contributed by atoms with E-state index in [-0.39, 0.29) is 17.3 Å². The molecule has 0 aliphatic heterocycles. The first-order valence-corrected chi connectivity index (χ1v) is 10.6. The topological polar surface area (TPSA) is 93.7 Å². The Morgan fingerprint density at radius 2 is 1.67 bits per heavy atom. The smallest absolute Gasteiger partial charge is 0.261 e. The maximum absolute atomic E-state index is 12.6. The van der Waals surface area contributed by atoms with E-state index in [0.29, 0.717) is 22.7 Å². The van der Waals surface area contributed by atoms with Gasteiger partial charge in [0.15, 0.2) is 0 Å². The molecular weight excluding hydrogens is 404 g/mol. The van der Waals surface area contributed by atoms with Gasteiger partial charge in [-0.25, -0.2) is 8.42 Å². The van der Waals surface area contributed by atoms with Crippen LogP contribution < -0.4 is 19.5 Å². The standard InChI is InChI=1S/C22H22N2O5S/c1-28-19-12-11-17(21(14-19)29-2)15-23-22(25)16-7-6-8-18(13-16)24-30(26,27)20-9-4-3-5-10-20/h3-14,24H,15H2,1-2H3,(H,23,25). The number of nitrogens with one attached hydrogen (secondary N) is 2. The minimum atomic E-state index is -3.74. The highest BCUT2D eigenvalue weighted by Crippen LogP contribution is 2.24. The molecule has 0 atom stereocenters. The Labute approximate surface area is 175 Å². The number of rotatable bonds is 8. The molecule has 2 N–H and O–H groups in total. The van der Waals surface area contributed by atoms with Crippen LogP contribution in [0.4, 0.5) is 5.69 Å². The number of methoxy groups -OCH3 is 2. The third kappa shape index (κ3) is 5.09. The lowest BCUT2D eigenvalue weighted by Gasteiger charge is -2.12. The van der Waals surface area contributed by atoms with Gasteiger partial charge in [-0.2, -0.15) is 0 Å². The van der Waals surface area contributed by atoms with E-state index in [0.717, 1.165) is 5.56 Å². The van der Waals surface area contributed by atoms with Crippen LogP contribution in [0.5, 0.6) is 11.5 Å². The Kier molecular flexibility index (Phi) is 6.58. The van der Waals surface area contributed by atoms with Crippen LogP contribution in [0, 0.1) is 0 Å². The molecule has 3 aromatic rings. The minimum absolute atomic E-state index is 0.145. The van der Waals surface area contributed by atoms with Crippen molar-refractivity contribution in [3.63, 3.8) is 0 Å². The molecule has 0 bridgehead atoms. The van der Waals surface area contributed by atoms with Crippen LogP contribution in [0.15, 0.2) is 77.7 Å². The molecule has 156 valence electrons. The summed E-state index contributed by atoms with van der Waals surface area (Å²) >= 11 is 0. The minimum Gasteiger partial charge on any atom is -0.497 e. The Morgan fingerprint density at radius 3 is 2.37 bits per heavy atom. The summed E-state index contributed by atoms with van der Waals surface area (Å²) in [5.41, 5.74) is 1.41. The van der Waals surface area contributed by atoms with Crippen LogP contribution in [0.2, 0.25) is 0 Å². The first-order chi connectivity index (χ1) is 14.4. The van der Waals surface area contributed by atoms with E-state index in [9.17, 15) is 13.2 Å². The van der Waals surface area contributed by atoms with Crippen molar-refractivity contribution < 1.29 is 22.7 Å². The van der Waals surface area contributed by atoms with Crippen molar-refractivity contribution in [2.24, 2.45) is 0 Å². The van der Waals surface area contributed by atoms with E-state index in [2.05, 4.69) is 10.0 Å². The van der Waals surface area contributed by atoms with Gasteiger partial charge >= 0.3 is 0 Å². The quantitative estimate of drug-likeness (QED) is 0.576. The van der Waals surface area contributed by atoms with Gasteiger partial charge in [0.2, 0.25) is 0 Å².